The molecule has 36 heavy (non-hydrogen) atoms. The predicted molar refractivity (Wildman–Crippen MR) is 144 cm³/mol. The monoisotopic (exact) mass is 490 g/mol. The van der Waals surface area contributed by atoms with Crippen LogP contribution in [0.5, 0.6) is 11.5 Å². The van der Waals surface area contributed by atoms with Gasteiger partial charge in [0, 0.05) is 42.6 Å². The van der Waals surface area contributed by atoms with E-state index < -0.39 is 0 Å². The Labute approximate surface area is 213 Å². The molecule has 3 aliphatic rings. The highest BCUT2D eigenvalue weighted by atomic mass is 16.5. The second-order valence-corrected chi connectivity index (χ2v) is 10.2. The molecule has 0 bridgehead atoms. The van der Waals surface area contributed by atoms with Gasteiger partial charge in [-0.2, -0.15) is 0 Å². The Morgan fingerprint density at radius 2 is 1.81 bits per heavy atom. The number of hydrogen-bond donors (Lipinski definition) is 5. The first-order chi connectivity index (χ1) is 17.4. The van der Waals surface area contributed by atoms with Crippen LogP contribution in [-0.2, 0) is 0 Å². The molecular formula is C28H38N6O2. The Morgan fingerprint density at radius 1 is 1.03 bits per heavy atom. The third-order valence-corrected chi connectivity index (χ3v) is 7.80. The van der Waals surface area contributed by atoms with E-state index >= 15 is 0 Å². The van der Waals surface area contributed by atoms with E-state index in [2.05, 4.69) is 39.4 Å². The zero-order valence-corrected chi connectivity index (χ0v) is 20.8. The first kappa shape index (κ1) is 24.2. The van der Waals surface area contributed by atoms with Gasteiger partial charge in [-0.15, -0.1) is 0 Å². The lowest BCUT2D eigenvalue weighted by Gasteiger charge is -2.57. The summed E-state index contributed by atoms with van der Waals surface area (Å²) < 4.78 is 6.33. The van der Waals surface area contributed by atoms with Crippen LogP contribution in [0.25, 0.3) is 5.70 Å². The molecule has 2 aliphatic heterocycles. The van der Waals surface area contributed by atoms with Crippen LogP contribution < -0.4 is 32.2 Å². The highest BCUT2D eigenvalue weighted by molar-refractivity contribution is 5.70. The summed E-state index contributed by atoms with van der Waals surface area (Å²) in [5.41, 5.74) is 21.6. The molecule has 0 radical (unpaired) electrons. The summed E-state index contributed by atoms with van der Waals surface area (Å²) in [5, 5.41) is 13.6. The molecule has 8 N–H and O–H groups in total. The molecule has 2 heterocycles. The van der Waals surface area contributed by atoms with Crippen LogP contribution in [0.1, 0.15) is 37.7 Å². The zero-order valence-electron chi connectivity index (χ0n) is 20.8. The van der Waals surface area contributed by atoms with E-state index in [4.69, 9.17) is 21.9 Å². The predicted octanol–water partition coefficient (Wildman–Crippen LogP) is 2.65. The van der Waals surface area contributed by atoms with Gasteiger partial charge in [0.05, 0.1) is 11.2 Å². The van der Waals surface area contributed by atoms with Crippen molar-refractivity contribution >= 4 is 11.4 Å². The SMILES string of the molecule is NC(N)=C(/C=C(\N)c1ccccc1O)N1CCN(c2cccc(OC3CCNCC3)c2)C2(CCC2)C1. The maximum Gasteiger partial charge on any atom is 0.124 e. The minimum Gasteiger partial charge on any atom is -0.507 e. The summed E-state index contributed by atoms with van der Waals surface area (Å²) in [6.45, 7) is 4.44. The number of aromatic hydroxyl groups is 1. The van der Waals surface area contributed by atoms with E-state index in [1.54, 1.807) is 24.3 Å². The van der Waals surface area contributed by atoms with Crippen LogP contribution in [-0.4, -0.2) is 54.4 Å². The lowest BCUT2D eigenvalue weighted by molar-refractivity contribution is 0.126. The summed E-state index contributed by atoms with van der Waals surface area (Å²) in [4.78, 5) is 4.79. The summed E-state index contributed by atoms with van der Waals surface area (Å²) in [6, 6.07) is 15.6. The van der Waals surface area contributed by atoms with Gasteiger partial charge >= 0.3 is 0 Å². The van der Waals surface area contributed by atoms with Gasteiger partial charge in [-0.05, 0) is 75.5 Å². The van der Waals surface area contributed by atoms with Gasteiger partial charge in [-0.25, -0.2) is 0 Å². The molecule has 2 aromatic rings. The lowest BCUT2D eigenvalue weighted by atomic mass is 9.73. The quantitative estimate of drug-likeness (QED) is 0.391. The van der Waals surface area contributed by atoms with E-state index in [9.17, 15) is 5.11 Å². The molecular weight excluding hydrogens is 452 g/mol. The summed E-state index contributed by atoms with van der Waals surface area (Å²) >= 11 is 0. The number of piperazine rings is 1. The van der Waals surface area contributed by atoms with Crippen LogP contribution in [0, 0.1) is 0 Å². The van der Waals surface area contributed by atoms with Crippen molar-refractivity contribution in [2.75, 3.05) is 37.6 Å². The molecule has 192 valence electrons. The lowest BCUT2D eigenvalue weighted by Crippen LogP contribution is -2.65. The molecule has 1 aliphatic carbocycles. The molecule has 0 aromatic heterocycles. The van der Waals surface area contributed by atoms with Gasteiger partial charge in [0.15, 0.2) is 0 Å². The van der Waals surface area contributed by atoms with E-state index in [-0.39, 0.29) is 23.2 Å². The number of benzene rings is 2. The number of hydrogen-bond acceptors (Lipinski definition) is 8. The van der Waals surface area contributed by atoms with Crippen molar-refractivity contribution in [3.8, 4) is 11.5 Å². The van der Waals surface area contributed by atoms with Gasteiger partial charge in [0.1, 0.15) is 23.4 Å². The van der Waals surface area contributed by atoms with Crippen LogP contribution in [0.4, 0.5) is 5.69 Å². The number of anilines is 1. The highest BCUT2D eigenvalue weighted by Crippen LogP contribution is 2.44. The maximum absolute atomic E-state index is 10.2. The highest BCUT2D eigenvalue weighted by Gasteiger charge is 2.47. The second kappa shape index (κ2) is 10.2. The Balaban J connectivity index is 1.35. The Morgan fingerprint density at radius 3 is 2.50 bits per heavy atom. The zero-order chi connectivity index (χ0) is 25.1. The van der Waals surface area contributed by atoms with Crippen LogP contribution in [0.15, 0.2) is 66.1 Å². The molecule has 3 fully saturated rings. The molecule has 0 unspecified atom stereocenters. The molecule has 2 saturated heterocycles. The average molecular weight is 491 g/mol. The van der Waals surface area contributed by atoms with Gasteiger partial charge in [0.25, 0.3) is 0 Å². The minimum atomic E-state index is 0.0177. The molecule has 8 heteroatoms. The Hall–Kier alpha value is -3.52. The fraction of sp³-hybridized carbons (Fsp3) is 0.429. The number of nitrogens with one attached hydrogen (secondary N) is 1. The number of piperidine rings is 1. The fourth-order valence-electron chi connectivity index (χ4n) is 5.73. The van der Waals surface area contributed by atoms with Crippen molar-refractivity contribution < 1.29 is 9.84 Å². The van der Waals surface area contributed by atoms with Crippen LogP contribution in [0.2, 0.25) is 0 Å². The molecule has 8 nitrogen and oxygen atoms in total. The van der Waals surface area contributed by atoms with Crippen molar-refractivity contribution in [1.29, 1.82) is 0 Å². The first-order valence-corrected chi connectivity index (χ1v) is 13.0. The Kier molecular flexibility index (Phi) is 6.87. The van der Waals surface area contributed by atoms with Gasteiger partial charge in [-0.3, -0.25) is 0 Å². The van der Waals surface area contributed by atoms with E-state index in [0.717, 1.165) is 64.2 Å². The fourth-order valence-corrected chi connectivity index (χ4v) is 5.73. The maximum atomic E-state index is 10.2. The van der Waals surface area contributed by atoms with Crippen LogP contribution >= 0.6 is 0 Å². The van der Waals surface area contributed by atoms with Crippen molar-refractivity contribution in [3.63, 3.8) is 0 Å². The number of para-hydroxylation sites is 1. The third-order valence-electron chi connectivity index (χ3n) is 7.80. The molecule has 0 atom stereocenters. The summed E-state index contributed by atoms with van der Waals surface area (Å²) in [7, 11) is 0. The van der Waals surface area contributed by atoms with Gasteiger partial charge in [0.2, 0.25) is 0 Å². The van der Waals surface area contributed by atoms with E-state index in [1.165, 1.54) is 12.1 Å². The number of nitrogens with two attached hydrogens (primary N) is 3. The van der Waals surface area contributed by atoms with Crippen molar-refractivity contribution in [2.45, 2.75) is 43.7 Å². The van der Waals surface area contributed by atoms with Gasteiger partial charge < -0.3 is 42.2 Å². The third kappa shape index (κ3) is 4.91. The minimum absolute atomic E-state index is 0.0177. The van der Waals surface area contributed by atoms with Crippen molar-refractivity contribution in [2.24, 2.45) is 17.2 Å². The number of phenolic OH excluding ortho intramolecular Hbond substituents is 1. The normalized spacial score (nSPS) is 20.2. The molecule has 1 spiro atoms. The van der Waals surface area contributed by atoms with Gasteiger partial charge in [-0.1, -0.05) is 18.2 Å². The Bertz CT molecular complexity index is 1130. The first-order valence-electron chi connectivity index (χ1n) is 13.0. The molecule has 1 saturated carbocycles. The average Bonchev–Trinajstić information content (AvgIpc) is 2.86. The molecule has 0 amide bonds. The van der Waals surface area contributed by atoms with E-state index in [0.29, 0.717) is 17.0 Å². The number of allylic oxidation sites excluding steroid dienone is 1. The molecule has 5 rings (SSSR count). The summed E-state index contributed by atoms with van der Waals surface area (Å²) in [5.74, 6) is 1.31. The number of ether oxygens (including phenoxy) is 1. The second-order valence-electron chi connectivity index (χ2n) is 10.2. The number of nitrogens with zero attached hydrogens (tertiary/aromatic N) is 2. The largest absolute Gasteiger partial charge is 0.507 e. The smallest absolute Gasteiger partial charge is 0.124 e. The summed E-state index contributed by atoms with van der Waals surface area (Å²) in [6.07, 6.45) is 7.57. The van der Waals surface area contributed by atoms with Crippen molar-refractivity contribution in [1.82, 2.24) is 10.2 Å². The molecule has 2 aromatic carbocycles. The number of rotatable bonds is 6. The standard InChI is InChI=1S/C28H38N6O2/c29-24(23-7-1-2-8-26(23)35)18-25(27(30)31)33-15-16-34(28(19-33)11-4-12-28)20-5-3-6-22(17-20)36-21-9-13-32-14-10-21/h1-3,5-8,17-18,21,32,35H,4,9-16,19,29-31H2/b24-18-. The van der Waals surface area contributed by atoms with E-state index in [1.807, 2.05) is 6.07 Å². The van der Waals surface area contributed by atoms with Crippen LogP contribution in [0.3, 0.4) is 0 Å². The topological polar surface area (TPSA) is 126 Å². The van der Waals surface area contributed by atoms with Crippen molar-refractivity contribution in [3.05, 3.63) is 71.7 Å². The number of phenols is 1.